The van der Waals surface area contributed by atoms with Crippen molar-refractivity contribution in [1.29, 1.82) is 0 Å². The smallest absolute Gasteiger partial charge is 0.119 e. The van der Waals surface area contributed by atoms with Gasteiger partial charge < -0.3 is 14.8 Å². The summed E-state index contributed by atoms with van der Waals surface area (Å²) in [7, 11) is 1.68. The van der Waals surface area contributed by atoms with Crippen molar-refractivity contribution in [3.63, 3.8) is 0 Å². The van der Waals surface area contributed by atoms with E-state index < -0.39 is 0 Å². The number of hydrogen-bond acceptors (Lipinski definition) is 3. The molecule has 0 spiro atoms. The van der Waals surface area contributed by atoms with Gasteiger partial charge in [0.2, 0.25) is 0 Å². The average molecular weight is 263 g/mol. The molecule has 0 aromatic heterocycles. The second kappa shape index (κ2) is 7.39. The van der Waals surface area contributed by atoms with Gasteiger partial charge >= 0.3 is 0 Å². The average Bonchev–Trinajstić information content (AvgIpc) is 2.88. The largest absolute Gasteiger partial charge is 0.497 e. The van der Waals surface area contributed by atoms with Crippen molar-refractivity contribution in [3.8, 4) is 11.5 Å². The van der Waals surface area contributed by atoms with Crippen LogP contribution in [0.5, 0.6) is 11.5 Å². The molecule has 0 bridgehead atoms. The Labute approximate surface area is 116 Å². The summed E-state index contributed by atoms with van der Waals surface area (Å²) in [5.74, 6) is 2.58. The molecular weight excluding hydrogens is 238 g/mol. The number of nitrogens with one attached hydrogen (secondary N) is 1. The predicted molar refractivity (Wildman–Crippen MR) is 77.9 cm³/mol. The lowest BCUT2D eigenvalue weighted by atomic mass is 10.00. The molecule has 2 rings (SSSR count). The lowest BCUT2D eigenvalue weighted by Gasteiger charge is -2.20. The van der Waals surface area contributed by atoms with E-state index in [9.17, 15) is 0 Å². The van der Waals surface area contributed by atoms with Crippen LogP contribution in [0, 0.1) is 5.92 Å². The summed E-state index contributed by atoms with van der Waals surface area (Å²) in [5.41, 5.74) is 0. The Hall–Kier alpha value is -1.22. The molecule has 106 valence electrons. The van der Waals surface area contributed by atoms with Crippen LogP contribution in [-0.2, 0) is 0 Å². The first-order chi connectivity index (χ1) is 9.33. The van der Waals surface area contributed by atoms with Crippen LogP contribution in [0.25, 0.3) is 0 Å². The molecule has 1 saturated carbocycles. The van der Waals surface area contributed by atoms with E-state index in [2.05, 4.69) is 12.2 Å². The molecule has 2 unspecified atom stereocenters. The summed E-state index contributed by atoms with van der Waals surface area (Å²) >= 11 is 0. The van der Waals surface area contributed by atoms with Crippen LogP contribution < -0.4 is 14.8 Å². The van der Waals surface area contributed by atoms with Gasteiger partial charge in [-0.15, -0.1) is 0 Å². The van der Waals surface area contributed by atoms with Crippen LogP contribution >= 0.6 is 0 Å². The lowest BCUT2D eigenvalue weighted by molar-refractivity contribution is 0.261. The highest BCUT2D eigenvalue weighted by molar-refractivity contribution is 5.31. The van der Waals surface area contributed by atoms with Crippen molar-refractivity contribution >= 4 is 0 Å². The highest BCUT2D eigenvalue weighted by atomic mass is 16.5. The first-order valence-electron chi connectivity index (χ1n) is 7.33. The van der Waals surface area contributed by atoms with E-state index in [4.69, 9.17) is 9.47 Å². The van der Waals surface area contributed by atoms with Gasteiger partial charge in [0.15, 0.2) is 0 Å². The van der Waals surface area contributed by atoms with Gasteiger partial charge in [0.25, 0.3) is 0 Å². The van der Waals surface area contributed by atoms with Crippen molar-refractivity contribution in [1.82, 2.24) is 5.32 Å². The quantitative estimate of drug-likeness (QED) is 0.819. The van der Waals surface area contributed by atoms with Gasteiger partial charge in [-0.05, 0) is 56.0 Å². The first-order valence-corrected chi connectivity index (χ1v) is 7.33. The number of benzene rings is 1. The lowest BCUT2D eigenvalue weighted by Crippen LogP contribution is -2.32. The number of methoxy groups -OCH3 is 1. The van der Waals surface area contributed by atoms with Crippen LogP contribution in [0.1, 0.15) is 32.6 Å². The zero-order valence-electron chi connectivity index (χ0n) is 12.0. The monoisotopic (exact) mass is 263 g/mol. The summed E-state index contributed by atoms with van der Waals surface area (Å²) in [4.78, 5) is 0. The minimum atomic E-state index is 0.699. The molecule has 3 nitrogen and oxygen atoms in total. The molecular formula is C16H25NO2. The van der Waals surface area contributed by atoms with Crippen LogP contribution in [0.2, 0.25) is 0 Å². The molecule has 0 saturated heterocycles. The van der Waals surface area contributed by atoms with Crippen LogP contribution in [0.15, 0.2) is 24.3 Å². The molecule has 1 fully saturated rings. The maximum absolute atomic E-state index is 5.81. The van der Waals surface area contributed by atoms with Gasteiger partial charge in [0.1, 0.15) is 11.5 Å². The van der Waals surface area contributed by atoms with Crippen LogP contribution in [0.4, 0.5) is 0 Å². The SMILES string of the molecule is CCNC1CCCC1CCOc1ccc(OC)cc1. The van der Waals surface area contributed by atoms with Crippen molar-refractivity contribution in [2.24, 2.45) is 5.92 Å². The Kier molecular flexibility index (Phi) is 5.52. The molecule has 0 radical (unpaired) electrons. The summed E-state index contributed by atoms with van der Waals surface area (Å²) < 4.78 is 10.9. The molecule has 1 aliphatic carbocycles. The Morgan fingerprint density at radius 2 is 1.89 bits per heavy atom. The third-order valence-electron chi connectivity index (χ3n) is 3.94. The molecule has 19 heavy (non-hydrogen) atoms. The highest BCUT2D eigenvalue weighted by Crippen LogP contribution is 2.28. The minimum Gasteiger partial charge on any atom is -0.497 e. The van der Waals surface area contributed by atoms with Gasteiger partial charge in [-0.3, -0.25) is 0 Å². The van der Waals surface area contributed by atoms with E-state index >= 15 is 0 Å². The summed E-state index contributed by atoms with van der Waals surface area (Å²) in [6.45, 7) is 4.06. The zero-order chi connectivity index (χ0) is 13.5. The first kappa shape index (κ1) is 14.2. The van der Waals surface area contributed by atoms with E-state index in [0.29, 0.717) is 6.04 Å². The number of hydrogen-bond donors (Lipinski definition) is 1. The highest BCUT2D eigenvalue weighted by Gasteiger charge is 2.25. The zero-order valence-corrected chi connectivity index (χ0v) is 12.0. The maximum Gasteiger partial charge on any atom is 0.119 e. The molecule has 1 aromatic rings. The summed E-state index contributed by atoms with van der Waals surface area (Å²) in [6, 6.07) is 8.51. The molecule has 0 heterocycles. The number of ether oxygens (including phenoxy) is 2. The van der Waals surface area contributed by atoms with E-state index in [1.165, 1.54) is 19.3 Å². The third kappa shape index (κ3) is 4.13. The van der Waals surface area contributed by atoms with Gasteiger partial charge in [-0.2, -0.15) is 0 Å². The predicted octanol–water partition coefficient (Wildman–Crippen LogP) is 3.24. The fourth-order valence-corrected chi connectivity index (χ4v) is 2.91. The third-order valence-corrected chi connectivity index (χ3v) is 3.94. The van der Waals surface area contributed by atoms with Gasteiger partial charge in [0, 0.05) is 6.04 Å². The van der Waals surface area contributed by atoms with Crippen molar-refractivity contribution in [2.45, 2.75) is 38.6 Å². The normalized spacial score (nSPS) is 22.4. The van der Waals surface area contributed by atoms with Crippen molar-refractivity contribution < 1.29 is 9.47 Å². The topological polar surface area (TPSA) is 30.5 Å². The molecule has 3 heteroatoms. The molecule has 1 aliphatic rings. The maximum atomic E-state index is 5.81. The Morgan fingerprint density at radius 3 is 2.58 bits per heavy atom. The van der Waals surface area contributed by atoms with Crippen LogP contribution in [0.3, 0.4) is 0 Å². The van der Waals surface area contributed by atoms with Gasteiger partial charge in [-0.1, -0.05) is 13.3 Å². The van der Waals surface area contributed by atoms with Gasteiger partial charge in [-0.25, -0.2) is 0 Å². The second-order valence-corrected chi connectivity index (χ2v) is 5.17. The summed E-state index contributed by atoms with van der Waals surface area (Å²) in [6.07, 6.45) is 5.15. The Bertz CT molecular complexity index is 364. The van der Waals surface area contributed by atoms with Gasteiger partial charge in [0.05, 0.1) is 13.7 Å². The van der Waals surface area contributed by atoms with E-state index in [1.54, 1.807) is 7.11 Å². The fourth-order valence-electron chi connectivity index (χ4n) is 2.91. The standard InChI is InChI=1S/C16H25NO2/c1-3-17-16-6-4-5-13(16)11-12-19-15-9-7-14(18-2)8-10-15/h7-10,13,16-17H,3-6,11-12H2,1-2H3. The summed E-state index contributed by atoms with van der Waals surface area (Å²) in [5, 5.41) is 3.59. The van der Waals surface area contributed by atoms with Crippen molar-refractivity contribution in [3.05, 3.63) is 24.3 Å². The molecule has 1 aromatic carbocycles. The molecule has 2 atom stereocenters. The second-order valence-electron chi connectivity index (χ2n) is 5.17. The van der Waals surface area contributed by atoms with E-state index in [-0.39, 0.29) is 0 Å². The molecule has 0 aliphatic heterocycles. The fraction of sp³-hybridized carbons (Fsp3) is 0.625. The molecule has 0 amide bonds. The Balaban J connectivity index is 1.73. The number of rotatable bonds is 7. The minimum absolute atomic E-state index is 0.699. The van der Waals surface area contributed by atoms with Crippen molar-refractivity contribution in [2.75, 3.05) is 20.3 Å². The molecule has 1 N–H and O–H groups in total. The van der Waals surface area contributed by atoms with Crippen LogP contribution in [-0.4, -0.2) is 26.3 Å². The Morgan fingerprint density at radius 1 is 1.16 bits per heavy atom. The van der Waals surface area contributed by atoms with E-state index in [1.807, 2.05) is 24.3 Å². The van der Waals surface area contributed by atoms with E-state index in [0.717, 1.165) is 37.0 Å².